The van der Waals surface area contributed by atoms with E-state index >= 15 is 0 Å². The molecule has 3 nitrogen and oxygen atoms in total. The standard InChI is InChI=1S/C15H22BrClN2O/c1-11-4-5-19(13(8-11)10-18)6-7-20-15-3-2-12(17)9-14(15)16/h2-3,9,11,13H,4-8,10,18H2,1H3. The molecule has 0 radical (unpaired) electrons. The van der Waals surface area contributed by atoms with Crippen LogP contribution in [0.2, 0.25) is 5.02 Å². The molecule has 0 saturated carbocycles. The highest BCUT2D eigenvalue weighted by Gasteiger charge is 2.24. The summed E-state index contributed by atoms with van der Waals surface area (Å²) in [6.45, 7) is 5.75. The van der Waals surface area contributed by atoms with Gasteiger partial charge in [-0.1, -0.05) is 18.5 Å². The Kier molecular flexibility index (Phi) is 6.15. The van der Waals surface area contributed by atoms with E-state index in [1.165, 1.54) is 12.8 Å². The smallest absolute Gasteiger partial charge is 0.133 e. The maximum atomic E-state index is 5.92. The molecule has 0 aromatic heterocycles. The Balaban J connectivity index is 1.83. The van der Waals surface area contributed by atoms with E-state index in [2.05, 4.69) is 27.8 Å². The first kappa shape index (κ1) is 16.1. The van der Waals surface area contributed by atoms with E-state index in [0.29, 0.717) is 17.7 Å². The van der Waals surface area contributed by atoms with Crippen LogP contribution in [0.25, 0.3) is 0 Å². The number of hydrogen-bond acceptors (Lipinski definition) is 3. The van der Waals surface area contributed by atoms with Gasteiger partial charge in [0, 0.05) is 24.2 Å². The lowest BCUT2D eigenvalue weighted by atomic mass is 9.92. The molecule has 2 rings (SSSR count). The Morgan fingerprint density at radius 1 is 1.50 bits per heavy atom. The van der Waals surface area contributed by atoms with Crippen LogP contribution in [0, 0.1) is 5.92 Å². The maximum absolute atomic E-state index is 5.92. The number of hydrogen-bond donors (Lipinski definition) is 1. The fraction of sp³-hybridized carbons (Fsp3) is 0.600. The van der Waals surface area contributed by atoms with Crippen molar-refractivity contribution >= 4 is 27.5 Å². The molecule has 0 bridgehead atoms. The van der Waals surface area contributed by atoms with Crippen molar-refractivity contribution < 1.29 is 4.74 Å². The van der Waals surface area contributed by atoms with Crippen LogP contribution in [0.15, 0.2) is 22.7 Å². The van der Waals surface area contributed by atoms with Crippen molar-refractivity contribution in [1.29, 1.82) is 0 Å². The molecule has 1 fully saturated rings. The maximum Gasteiger partial charge on any atom is 0.133 e. The number of nitrogens with zero attached hydrogens (tertiary/aromatic N) is 1. The largest absolute Gasteiger partial charge is 0.491 e. The lowest BCUT2D eigenvalue weighted by molar-refractivity contribution is 0.103. The van der Waals surface area contributed by atoms with Crippen LogP contribution in [0.5, 0.6) is 5.75 Å². The van der Waals surface area contributed by atoms with E-state index in [-0.39, 0.29) is 0 Å². The van der Waals surface area contributed by atoms with Crippen LogP contribution in [0.1, 0.15) is 19.8 Å². The highest BCUT2D eigenvalue weighted by molar-refractivity contribution is 9.10. The highest BCUT2D eigenvalue weighted by Crippen LogP contribution is 2.28. The van der Waals surface area contributed by atoms with Gasteiger partial charge in [-0.25, -0.2) is 0 Å². The van der Waals surface area contributed by atoms with Gasteiger partial charge in [-0.3, -0.25) is 4.90 Å². The summed E-state index contributed by atoms with van der Waals surface area (Å²) in [5, 5.41) is 0.706. The molecule has 2 unspecified atom stereocenters. The summed E-state index contributed by atoms with van der Waals surface area (Å²) in [4.78, 5) is 2.45. The molecule has 0 aliphatic carbocycles. The second-order valence-corrected chi connectivity index (χ2v) is 6.77. The van der Waals surface area contributed by atoms with Gasteiger partial charge in [-0.05, 0) is 59.4 Å². The average Bonchev–Trinajstić information content (AvgIpc) is 2.42. The second kappa shape index (κ2) is 7.64. The molecule has 1 aliphatic heterocycles. The quantitative estimate of drug-likeness (QED) is 0.872. The fourth-order valence-electron chi connectivity index (χ4n) is 2.70. The van der Waals surface area contributed by atoms with Crippen molar-refractivity contribution in [3.8, 4) is 5.75 Å². The average molecular weight is 362 g/mol. The minimum Gasteiger partial charge on any atom is -0.491 e. The van der Waals surface area contributed by atoms with Crippen molar-refractivity contribution in [1.82, 2.24) is 4.90 Å². The third-order valence-electron chi connectivity index (χ3n) is 3.90. The number of piperidine rings is 1. The third kappa shape index (κ3) is 4.35. The van der Waals surface area contributed by atoms with E-state index in [1.54, 1.807) is 0 Å². The van der Waals surface area contributed by atoms with E-state index in [9.17, 15) is 0 Å². The molecule has 1 aromatic carbocycles. The summed E-state index contributed by atoms with van der Waals surface area (Å²) in [5.74, 6) is 1.62. The predicted octanol–water partition coefficient (Wildman–Crippen LogP) is 3.54. The first-order valence-electron chi connectivity index (χ1n) is 7.12. The first-order chi connectivity index (χ1) is 9.60. The summed E-state index contributed by atoms with van der Waals surface area (Å²) < 4.78 is 6.72. The van der Waals surface area contributed by atoms with Gasteiger partial charge in [-0.2, -0.15) is 0 Å². The lowest BCUT2D eigenvalue weighted by Crippen LogP contribution is -2.47. The van der Waals surface area contributed by atoms with Gasteiger partial charge in [0.25, 0.3) is 0 Å². The van der Waals surface area contributed by atoms with Gasteiger partial charge in [0.1, 0.15) is 12.4 Å². The van der Waals surface area contributed by atoms with Crippen LogP contribution >= 0.6 is 27.5 Å². The summed E-state index contributed by atoms with van der Waals surface area (Å²) in [6, 6.07) is 6.08. The number of halogens is 2. The number of likely N-dealkylation sites (tertiary alicyclic amines) is 1. The number of ether oxygens (including phenoxy) is 1. The molecule has 20 heavy (non-hydrogen) atoms. The van der Waals surface area contributed by atoms with Crippen molar-refractivity contribution in [2.45, 2.75) is 25.8 Å². The van der Waals surface area contributed by atoms with Crippen LogP contribution in [0.3, 0.4) is 0 Å². The first-order valence-corrected chi connectivity index (χ1v) is 8.29. The lowest BCUT2D eigenvalue weighted by Gasteiger charge is -2.37. The van der Waals surface area contributed by atoms with Gasteiger partial charge in [0.05, 0.1) is 4.47 Å². The van der Waals surface area contributed by atoms with Gasteiger partial charge >= 0.3 is 0 Å². The van der Waals surface area contributed by atoms with Crippen LogP contribution in [-0.2, 0) is 0 Å². The molecule has 2 atom stereocenters. The monoisotopic (exact) mass is 360 g/mol. The van der Waals surface area contributed by atoms with Crippen molar-refractivity contribution in [2.24, 2.45) is 11.7 Å². The molecule has 1 aliphatic rings. The van der Waals surface area contributed by atoms with Crippen LogP contribution in [0.4, 0.5) is 0 Å². The molecular weight excluding hydrogens is 340 g/mol. The van der Waals surface area contributed by atoms with Crippen LogP contribution < -0.4 is 10.5 Å². The van der Waals surface area contributed by atoms with E-state index in [4.69, 9.17) is 22.1 Å². The highest BCUT2D eigenvalue weighted by atomic mass is 79.9. The SMILES string of the molecule is CC1CCN(CCOc2ccc(Cl)cc2Br)C(CN)C1. The molecule has 5 heteroatoms. The summed E-state index contributed by atoms with van der Waals surface area (Å²) in [6.07, 6.45) is 2.45. The second-order valence-electron chi connectivity index (χ2n) is 5.48. The zero-order chi connectivity index (χ0) is 14.5. The van der Waals surface area contributed by atoms with Gasteiger partial charge in [-0.15, -0.1) is 0 Å². The Hall–Kier alpha value is -0.290. The van der Waals surface area contributed by atoms with Crippen molar-refractivity contribution in [3.05, 3.63) is 27.7 Å². The molecule has 2 N–H and O–H groups in total. The Morgan fingerprint density at radius 3 is 3.00 bits per heavy atom. The summed E-state index contributed by atoms with van der Waals surface area (Å²) >= 11 is 9.38. The number of benzene rings is 1. The zero-order valence-electron chi connectivity index (χ0n) is 11.8. The number of nitrogens with two attached hydrogens (primary N) is 1. The minimum atomic E-state index is 0.496. The zero-order valence-corrected chi connectivity index (χ0v) is 14.2. The molecule has 112 valence electrons. The summed E-state index contributed by atoms with van der Waals surface area (Å²) in [7, 11) is 0. The van der Waals surface area contributed by atoms with E-state index < -0.39 is 0 Å². The molecule has 0 spiro atoms. The Morgan fingerprint density at radius 2 is 2.30 bits per heavy atom. The minimum absolute atomic E-state index is 0.496. The van der Waals surface area contributed by atoms with Crippen LogP contribution in [-0.4, -0.2) is 37.2 Å². The Bertz CT molecular complexity index is 444. The van der Waals surface area contributed by atoms with Gasteiger partial charge < -0.3 is 10.5 Å². The number of rotatable bonds is 5. The molecule has 1 heterocycles. The third-order valence-corrected chi connectivity index (χ3v) is 4.76. The topological polar surface area (TPSA) is 38.5 Å². The van der Waals surface area contributed by atoms with E-state index in [1.807, 2.05) is 18.2 Å². The van der Waals surface area contributed by atoms with E-state index in [0.717, 1.165) is 35.8 Å². The van der Waals surface area contributed by atoms with Gasteiger partial charge in [0.15, 0.2) is 0 Å². The molecular formula is C15H22BrClN2O. The van der Waals surface area contributed by atoms with Crippen molar-refractivity contribution in [3.63, 3.8) is 0 Å². The summed E-state index contributed by atoms with van der Waals surface area (Å²) in [5.41, 5.74) is 5.87. The van der Waals surface area contributed by atoms with Gasteiger partial charge in [0.2, 0.25) is 0 Å². The molecule has 1 aromatic rings. The molecule has 0 amide bonds. The normalized spacial score (nSPS) is 23.8. The van der Waals surface area contributed by atoms with Crippen molar-refractivity contribution in [2.75, 3.05) is 26.2 Å². The fourth-order valence-corrected chi connectivity index (χ4v) is 3.50. The molecule has 1 saturated heterocycles. The Labute approximate surface area is 134 Å². The predicted molar refractivity (Wildman–Crippen MR) is 87.5 cm³/mol.